The molecule has 1 unspecified atom stereocenters. The van der Waals surface area contributed by atoms with Gasteiger partial charge in [0.15, 0.2) is 0 Å². The first kappa shape index (κ1) is 13.7. The van der Waals surface area contributed by atoms with Crippen molar-refractivity contribution in [2.24, 2.45) is 0 Å². The monoisotopic (exact) mass is 336 g/mol. The van der Waals surface area contributed by atoms with E-state index in [1.165, 1.54) is 54.2 Å². The van der Waals surface area contributed by atoms with E-state index in [4.69, 9.17) is 0 Å². The molecule has 0 saturated heterocycles. The molecule has 26 heavy (non-hydrogen) atoms. The molecule has 2 N–H and O–H groups in total. The normalized spacial score (nSPS) is 20.7. The van der Waals surface area contributed by atoms with Gasteiger partial charge in [0, 0.05) is 32.1 Å². The first-order valence-electron chi connectivity index (χ1n) is 9.76. The van der Waals surface area contributed by atoms with Crippen molar-refractivity contribution in [3.63, 3.8) is 0 Å². The van der Waals surface area contributed by atoms with Crippen LogP contribution >= 0.6 is 0 Å². The first-order valence-corrected chi connectivity index (χ1v) is 9.76. The predicted octanol–water partition coefficient (Wildman–Crippen LogP) is 3.84. The standard InChI is InChI=1S/C24H20N2/c1-5-17-18-6-3-15-11-26-12-16-4-8-20(24(18)22(15)16)19-7-2-14-10-25-9-13(1)21(14)23(17)19/h1-3,5-8,16,25-26H,4,9-12H2. The highest BCUT2D eigenvalue weighted by Crippen LogP contribution is 2.41. The van der Waals surface area contributed by atoms with Crippen LogP contribution in [0.3, 0.4) is 0 Å². The maximum absolute atomic E-state index is 3.61. The fourth-order valence-electron chi connectivity index (χ4n) is 5.81. The summed E-state index contributed by atoms with van der Waals surface area (Å²) in [5, 5.41) is 17.5. The largest absolute Gasteiger partial charge is 0.312 e. The summed E-state index contributed by atoms with van der Waals surface area (Å²) in [5.74, 6) is 0.635. The molecular formula is C24H20N2. The van der Waals surface area contributed by atoms with Crippen LogP contribution in [0.25, 0.3) is 38.4 Å². The van der Waals surface area contributed by atoms with Gasteiger partial charge in [0.2, 0.25) is 0 Å². The Hall–Kier alpha value is -2.42. The van der Waals surface area contributed by atoms with Crippen molar-refractivity contribution < 1.29 is 0 Å². The molecule has 0 radical (unpaired) electrons. The minimum absolute atomic E-state index is 0.635. The Labute approximate surface area is 151 Å². The van der Waals surface area contributed by atoms with E-state index >= 15 is 0 Å². The van der Waals surface area contributed by atoms with E-state index in [2.05, 4.69) is 53.1 Å². The highest BCUT2D eigenvalue weighted by molar-refractivity contribution is 6.23. The van der Waals surface area contributed by atoms with Gasteiger partial charge in [-0.2, -0.15) is 0 Å². The Morgan fingerprint density at radius 2 is 1.35 bits per heavy atom. The summed E-state index contributed by atoms with van der Waals surface area (Å²) < 4.78 is 0. The molecule has 0 aromatic heterocycles. The van der Waals surface area contributed by atoms with Gasteiger partial charge < -0.3 is 10.6 Å². The van der Waals surface area contributed by atoms with Crippen molar-refractivity contribution in [3.05, 3.63) is 63.9 Å². The SMILES string of the molecule is C1=c2c3ccc4c5c(ccc(c6ccc7c(c26)C(C1)CNC7)c53)CNC4. The van der Waals surface area contributed by atoms with Gasteiger partial charge in [-0.1, -0.05) is 42.5 Å². The lowest BCUT2D eigenvalue weighted by Gasteiger charge is -2.31. The smallest absolute Gasteiger partial charge is 0.0214 e. The van der Waals surface area contributed by atoms with Crippen molar-refractivity contribution in [2.45, 2.75) is 32.0 Å². The van der Waals surface area contributed by atoms with E-state index in [1.54, 1.807) is 5.56 Å². The maximum atomic E-state index is 3.61. The van der Waals surface area contributed by atoms with Crippen LogP contribution in [-0.2, 0) is 19.6 Å². The molecule has 1 atom stereocenters. The number of hydrogen-bond acceptors (Lipinski definition) is 2. The lowest BCUT2D eigenvalue weighted by atomic mass is 9.77. The molecule has 0 bridgehead atoms. The van der Waals surface area contributed by atoms with Crippen LogP contribution in [0.2, 0.25) is 0 Å². The van der Waals surface area contributed by atoms with E-state index in [-0.39, 0.29) is 0 Å². The molecule has 0 fully saturated rings. The molecule has 2 nitrogen and oxygen atoms in total. The van der Waals surface area contributed by atoms with Crippen molar-refractivity contribution in [2.75, 3.05) is 6.54 Å². The predicted molar refractivity (Wildman–Crippen MR) is 108 cm³/mol. The van der Waals surface area contributed by atoms with Crippen LogP contribution in [0.4, 0.5) is 0 Å². The molecule has 4 aromatic rings. The highest BCUT2D eigenvalue weighted by atomic mass is 14.9. The Bertz CT molecular complexity index is 1310. The molecule has 0 saturated carbocycles. The highest BCUT2D eigenvalue weighted by Gasteiger charge is 2.27. The zero-order valence-electron chi connectivity index (χ0n) is 14.7. The van der Waals surface area contributed by atoms with Gasteiger partial charge in [0.25, 0.3) is 0 Å². The number of fused-ring (bicyclic) bond motifs is 2. The summed E-state index contributed by atoms with van der Waals surface area (Å²) in [7, 11) is 0. The van der Waals surface area contributed by atoms with Crippen molar-refractivity contribution in [1.82, 2.24) is 10.6 Å². The average Bonchev–Trinajstić information content (AvgIpc) is 2.70. The Kier molecular flexibility index (Phi) is 2.45. The van der Waals surface area contributed by atoms with Gasteiger partial charge in [0.05, 0.1) is 0 Å². The van der Waals surface area contributed by atoms with Crippen LogP contribution in [0.5, 0.6) is 0 Å². The van der Waals surface area contributed by atoms with Gasteiger partial charge in [-0.15, -0.1) is 0 Å². The van der Waals surface area contributed by atoms with E-state index in [0.717, 1.165) is 32.6 Å². The molecule has 1 aliphatic carbocycles. The molecule has 0 spiro atoms. The van der Waals surface area contributed by atoms with Gasteiger partial charge in [-0.3, -0.25) is 0 Å². The van der Waals surface area contributed by atoms with Crippen molar-refractivity contribution in [1.29, 1.82) is 0 Å². The van der Waals surface area contributed by atoms with E-state index in [0.29, 0.717) is 5.92 Å². The second-order valence-electron chi connectivity index (χ2n) is 8.14. The average molecular weight is 336 g/mol. The van der Waals surface area contributed by atoms with Gasteiger partial charge in [0.1, 0.15) is 0 Å². The molecule has 7 rings (SSSR count). The Morgan fingerprint density at radius 1 is 0.654 bits per heavy atom. The molecule has 3 aliphatic rings. The van der Waals surface area contributed by atoms with Gasteiger partial charge in [-0.05, 0) is 66.2 Å². The second-order valence-corrected chi connectivity index (χ2v) is 8.14. The fraction of sp³-hybridized carbons (Fsp3) is 0.250. The van der Waals surface area contributed by atoms with Crippen LogP contribution in [0.15, 0.2) is 36.4 Å². The van der Waals surface area contributed by atoms with Crippen LogP contribution in [-0.4, -0.2) is 6.54 Å². The number of rotatable bonds is 0. The summed E-state index contributed by atoms with van der Waals surface area (Å²) in [6.45, 7) is 4.09. The molecular weight excluding hydrogens is 316 g/mol. The number of hydrogen-bond donors (Lipinski definition) is 2. The van der Waals surface area contributed by atoms with Crippen LogP contribution in [0, 0.1) is 0 Å². The van der Waals surface area contributed by atoms with Crippen LogP contribution < -0.4 is 15.9 Å². The topological polar surface area (TPSA) is 24.1 Å². The maximum Gasteiger partial charge on any atom is 0.0214 e. The first-order chi connectivity index (χ1) is 12.9. The molecule has 2 heteroatoms. The second kappa shape index (κ2) is 4.64. The molecule has 4 aromatic carbocycles. The minimum Gasteiger partial charge on any atom is -0.312 e. The summed E-state index contributed by atoms with van der Waals surface area (Å²) >= 11 is 0. The molecule has 126 valence electrons. The van der Waals surface area contributed by atoms with Gasteiger partial charge in [-0.25, -0.2) is 0 Å². The third kappa shape index (κ3) is 1.52. The fourth-order valence-corrected chi connectivity index (χ4v) is 5.81. The molecule has 2 heterocycles. The van der Waals surface area contributed by atoms with E-state index in [9.17, 15) is 0 Å². The summed E-state index contributed by atoms with van der Waals surface area (Å²) in [4.78, 5) is 0. The minimum atomic E-state index is 0.635. The van der Waals surface area contributed by atoms with Crippen LogP contribution in [0.1, 0.15) is 34.6 Å². The number of benzene rings is 4. The zero-order valence-corrected chi connectivity index (χ0v) is 14.7. The van der Waals surface area contributed by atoms with E-state index in [1.807, 2.05) is 0 Å². The zero-order chi connectivity index (χ0) is 16.8. The summed E-state index contributed by atoms with van der Waals surface area (Å²) in [6.07, 6.45) is 3.67. The van der Waals surface area contributed by atoms with E-state index < -0.39 is 0 Å². The lowest BCUT2D eigenvalue weighted by Crippen LogP contribution is -2.31. The molecule has 2 aliphatic heterocycles. The van der Waals surface area contributed by atoms with Gasteiger partial charge >= 0.3 is 0 Å². The Balaban J connectivity index is 1.81. The third-order valence-electron chi connectivity index (χ3n) is 6.87. The third-order valence-corrected chi connectivity index (χ3v) is 6.87. The Morgan fingerprint density at radius 3 is 2.19 bits per heavy atom. The van der Waals surface area contributed by atoms with Crippen molar-refractivity contribution >= 4 is 38.4 Å². The number of nitrogens with one attached hydrogen (secondary N) is 2. The summed E-state index contributed by atoms with van der Waals surface area (Å²) in [6, 6.07) is 14.2. The van der Waals surface area contributed by atoms with Crippen molar-refractivity contribution in [3.8, 4) is 0 Å². The quantitative estimate of drug-likeness (QED) is 0.377. The lowest BCUT2D eigenvalue weighted by molar-refractivity contribution is 0.553. The molecule has 0 amide bonds. The summed E-state index contributed by atoms with van der Waals surface area (Å²) in [5.41, 5.74) is 6.03.